The summed E-state index contributed by atoms with van der Waals surface area (Å²) in [5, 5.41) is 10.1. The lowest BCUT2D eigenvalue weighted by Crippen LogP contribution is -2.30. The summed E-state index contributed by atoms with van der Waals surface area (Å²) in [6.45, 7) is 2.41. The van der Waals surface area contributed by atoms with Crippen LogP contribution in [-0.4, -0.2) is 39.2 Å². The van der Waals surface area contributed by atoms with E-state index in [1.807, 2.05) is 29.8 Å². The van der Waals surface area contributed by atoms with Crippen LogP contribution in [0.4, 0.5) is 5.69 Å². The minimum atomic E-state index is -0.676. The number of carbonyl (C=O) groups excluding carboxylic acids is 2. The van der Waals surface area contributed by atoms with Crippen molar-refractivity contribution in [2.75, 3.05) is 11.5 Å². The molecule has 2 amide bonds. The number of rotatable bonds is 6. The molecular formula is C21H23N3O4. The van der Waals surface area contributed by atoms with E-state index < -0.39 is 6.10 Å². The number of fused-ring (bicyclic) bond motifs is 1. The molecule has 4 rings (SSSR count). The number of imide groups is 1. The first-order valence-corrected chi connectivity index (χ1v) is 9.46. The molecule has 28 heavy (non-hydrogen) atoms. The van der Waals surface area contributed by atoms with Crippen molar-refractivity contribution in [2.45, 2.75) is 32.4 Å². The number of ether oxygens (including phenoxy) is 1. The Morgan fingerprint density at radius 2 is 1.79 bits per heavy atom. The van der Waals surface area contributed by atoms with E-state index in [2.05, 4.69) is 4.98 Å². The van der Waals surface area contributed by atoms with E-state index in [0.717, 1.165) is 5.82 Å². The molecule has 7 nitrogen and oxygen atoms in total. The SMILES string of the molecule is Cc1nccn1CC(O)COc1ccc(N2C(=O)C3CC=CCC3C2=O)cc1. The van der Waals surface area contributed by atoms with Crippen LogP contribution in [0.1, 0.15) is 18.7 Å². The van der Waals surface area contributed by atoms with Crippen molar-refractivity contribution in [1.29, 1.82) is 0 Å². The largest absolute Gasteiger partial charge is 0.491 e. The molecule has 3 unspecified atom stereocenters. The van der Waals surface area contributed by atoms with Gasteiger partial charge in [0.25, 0.3) is 0 Å². The Labute approximate surface area is 163 Å². The normalized spacial score (nSPS) is 22.4. The van der Waals surface area contributed by atoms with E-state index in [1.54, 1.807) is 30.5 Å². The van der Waals surface area contributed by atoms with E-state index >= 15 is 0 Å². The standard InChI is InChI=1S/C21H23N3O4/c1-14-22-10-11-23(14)12-16(25)13-28-17-8-6-15(7-9-17)24-20(26)18-4-2-3-5-19(18)21(24)27/h2-3,6-11,16,18-19,25H,4-5,12-13H2,1H3. The van der Waals surface area contributed by atoms with Crippen LogP contribution in [0.5, 0.6) is 5.75 Å². The lowest BCUT2D eigenvalue weighted by Gasteiger charge is -2.16. The number of amides is 2. The van der Waals surface area contributed by atoms with Gasteiger partial charge in [0.05, 0.1) is 24.1 Å². The average molecular weight is 381 g/mol. The van der Waals surface area contributed by atoms with Gasteiger partial charge in [-0.3, -0.25) is 14.5 Å². The molecule has 146 valence electrons. The Bertz CT molecular complexity index is 877. The first-order chi connectivity index (χ1) is 13.5. The van der Waals surface area contributed by atoms with Crippen LogP contribution in [-0.2, 0) is 16.1 Å². The Morgan fingerprint density at radius 3 is 2.36 bits per heavy atom. The van der Waals surface area contributed by atoms with Crippen molar-refractivity contribution in [3.8, 4) is 5.75 Å². The lowest BCUT2D eigenvalue weighted by atomic mass is 9.85. The van der Waals surface area contributed by atoms with Gasteiger partial charge in [0.2, 0.25) is 11.8 Å². The number of benzene rings is 1. The predicted octanol–water partition coefficient (Wildman–Crippen LogP) is 2.09. The van der Waals surface area contributed by atoms with Crippen molar-refractivity contribution in [3.05, 3.63) is 54.6 Å². The van der Waals surface area contributed by atoms with Gasteiger partial charge in [0, 0.05) is 12.4 Å². The number of aromatic nitrogens is 2. The third kappa shape index (κ3) is 3.45. The van der Waals surface area contributed by atoms with Gasteiger partial charge >= 0.3 is 0 Å². The van der Waals surface area contributed by atoms with E-state index in [4.69, 9.17) is 4.74 Å². The molecule has 7 heteroatoms. The molecule has 2 heterocycles. The Kier molecular flexibility index (Phi) is 5.00. The van der Waals surface area contributed by atoms with E-state index in [0.29, 0.717) is 30.8 Å². The zero-order chi connectivity index (χ0) is 19.7. The number of anilines is 1. The minimum Gasteiger partial charge on any atom is -0.491 e. The number of aryl methyl sites for hydroxylation is 1. The molecule has 1 aromatic carbocycles. The molecule has 0 spiro atoms. The van der Waals surface area contributed by atoms with Crippen LogP contribution in [0.15, 0.2) is 48.8 Å². The van der Waals surface area contributed by atoms with Crippen molar-refractivity contribution in [2.24, 2.45) is 11.8 Å². The van der Waals surface area contributed by atoms with Gasteiger partial charge in [-0.05, 0) is 44.0 Å². The second-order valence-electron chi connectivity index (χ2n) is 7.25. The lowest BCUT2D eigenvalue weighted by molar-refractivity contribution is -0.122. The number of aliphatic hydroxyl groups is 1. The van der Waals surface area contributed by atoms with Crippen molar-refractivity contribution in [3.63, 3.8) is 0 Å². The average Bonchev–Trinajstić information content (AvgIpc) is 3.22. The summed E-state index contributed by atoms with van der Waals surface area (Å²) < 4.78 is 7.50. The molecule has 3 atom stereocenters. The fraction of sp³-hybridized carbons (Fsp3) is 0.381. The van der Waals surface area contributed by atoms with Crippen LogP contribution in [0.3, 0.4) is 0 Å². The molecule has 1 saturated heterocycles. The maximum Gasteiger partial charge on any atom is 0.238 e. The molecule has 0 radical (unpaired) electrons. The second kappa shape index (κ2) is 7.59. The van der Waals surface area contributed by atoms with E-state index in [-0.39, 0.29) is 30.3 Å². The minimum absolute atomic E-state index is 0.126. The van der Waals surface area contributed by atoms with Gasteiger partial charge in [-0.25, -0.2) is 4.98 Å². The number of imidazole rings is 1. The zero-order valence-corrected chi connectivity index (χ0v) is 15.7. The predicted molar refractivity (Wildman–Crippen MR) is 103 cm³/mol. The topological polar surface area (TPSA) is 84.7 Å². The molecule has 1 aliphatic heterocycles. The first kappa shape index (κ1) is 18.4. The number of hydrogen-bond donors (Lipinski definition) is 1. The second-order valence-corrected chi connectivity index (χ2v) is 7.25. The molecule has 2 aromatic rings. The summed E-state index contributed by atoms with van der Waals surface area (Å²) in [5.74, 6) is 0.672. The highest BCUT2D eigenvalue weighted by atomic mass is 16.5. The third-order valence-corrected chi connectivity index (χ3v) is 5.38. The van der Waals surface area contributed by atoms with Crippen LogP contribution in [0.25, 0.3) is 0 Å². The fourth-order valence-corrected chi connectivity index (χ4v) is 3.82. The molecule has 1 N–H and O–H groups in total. The number of carbonyl (C=O) groups is 2. The number of aliphatic hydroxyl groups excluding tert-OH is 1. The van der Waals surface area contributed by atoms with Crippen LogP contribution < -0.4 is 9.64 Å². The summed E-state index contributed by atoms with van der Waals surface area (Å²) in [7, 11) is 0. The van der Waals surface area contributed by atoms with Gasteiger partial charge in [0.1, 0.15) is 24.3 Å². The fourth-order valence-electron chi connectivity index (χ4n) is 3.82. The van der Waals surface area contributed by atoms with Crippen LogP contribution in [0.2, 0.25) is 0 Å². The van der Waals surface area contributed by atoms with E-state index in [1.165, 1.54) is 4.90 Å². The Morgan fingerprint density at radius 1 is 1.14 bits per heavy atom. The summed E-state index contributed by atoms with van der Waals surface area (Å²) in [6.07, 6.45) is 8.03. The Balaban J connectivity index is 1.37. The first-order valence-electron chi connectivity index (χ1n) is 9.46. The molecule has 2 aliphatic rings. The molecule has 1 aliphatic carbocycles. The van der Waals surface area contributed by atoms with E-state index in [9.17, 15) is 14.7 Å². The van der Waals surface area contributed by atoms with Crippen molar-refractivity contribution >= 4 is 17.5 Å². The molecule has 1 aromatic heterocycles. The summed E-state index contributed by atoms with van der Waals surface area (Å²) in [6, 6.07) is 6.85. The maximum atomic E-state index is 12.6. The molecular weight excluding hydrogens is 358 g/mol. The summed E-state index contributed by atoms with van der Waals surface area (Å²) >= 11 is 0. The van der Waals surface area contributed by atoms with Crippen molar-refractivity contribution in [1.82, 2.24) is 9.55 Å². The van der Waals surface area contributed by atoms with Gasteiger partial charge in [-0.15, -0.1) is 0 Å². The van der Waals surface area contributed by atoms with Gasteiger partial charge in [-0.1, -0.05) is 12.2 Å². The quantitative estimate of drug-likeness (QED) is 0.612. The number of allylic oxidation sites excluding steroid dienone is 2. The number of hydrogen-bond acceptors (Lipinski definition) is 5. The third-order valence-electron chi connectivity index (χ3n) is 5.38. The molecule has 0 saturated carbocycles. The summed E-state index contributed by atoms with van der Waals surface area (Å²) in [4.78, 5) is 30.7. The van der Waals surface area contributed by atoms with Gasteiger partial charge in [-0.2, -0.15) is 0 Å². The Hall–Kier alpha value is -2.93. The number of nitrogens with zero attached hydrogens (tertiary/aromatic N) is 3. The molecule has 1 fully saturated rings. The van der Waals surface area contributed by atoms with Crippen molar-refractivity contribution < 1.29 is 19.4 Å². The summed E-state index contributed by atoms with van der Waals surface area (Å²) in [5.41, 5.74) is 0.561. The van der Waals surface area contributed by atoms with Gasteiger partial charge in [0.15, 0.2) is 0 Å². The van der Waals surface area contributed by atoms with Gasteiger partial charge < -0.3 is 14.4 Å². The van der Waals surface area contributed by atoms with Crippen LogP contribution >= 0.6 is 0 Å². The highest BCUT2D eigenvalue weighted by molar-refractivity contribution is 6.22. The smallest absolute Gasteiger partial charge is 0.238 e. The monoisotopic (exact) mass is 381 g/mol. The molecule has 0 bridgehead atoms. The highest BCUT2D eigenvalue weighted by Gasteiger charge is 2.47. The highest BCUT2D eigenvalue weighted by Crippen LogP contribution is 2.37. The zero-order valence-electron chi connectivity index (χ0n) is 15.7. The maximum absolute atomic E-state index is 12.6. The van der Waals surface area contributed by atoms with Crippen LogP contribution in [0, 0.1) is 18.8 Å².